The summed E-state index contributed by atoms with van der Waals surface area (Å²) in [7, 11) is 2.04. The lowest BCUT2D eigenvalue weighted by atomic mass is 10.1. The molecule has 3 rings (SSSR count). The Kier molecular flexibility index (Phi) is 5.15. The molecular formula is C17H22N4O2S. The number of nitrogens with one attached hydrogen (secondary N) is 2. The summed E-state index contributed by atoms with van der Waals surface area (Å²) >= 11 is 1.57. The molecule has 1 aromatic carbocycles. The molecule has 3 aromatic rings. The maximum atomic E-state index is 10.5. The Morgan fingerprint density at radius 1 is 1.38 bits per heavy atom. The van der Waals surface area contributed by atoms with Gasteiger partial charge in [-0.15, -0.1) is 11.3 Å². The minimum atomic E-state index is -0.835. The summed E-state index contributed by atoms with van der Waals surface area (Å²) in [6.07, 6.45) is -0.835. The van der Waals surface area contributed by atoms with Crippen molar-refractivity contribution < 1.29 is 10.2 Å². The van der Waals surface area contributed by atoms with Gasteiger partial charge in [-0.3, -0.25) is 5.32 Å². The minimum absolute atomic E-state index is 0.127. The summed E-state index contributed by atoms with van der Waals surface area (Å²) in [5.41, 5.74) is 1.78. The number of aliphatic hydroxyl groups excluding tert-OH is 1. The second-order valence-corrected chi connectivity index (χ2v) is 6.66. The number of imidazole rings is 1. The van der Waals surface area contributed by atoms with Crippen LogP contribution in [0.2, 0.25) is 0 Å². The molecule has 0 aliphatic heterocycles. The number of nitrogens with zero attached hydrogens (tertiary/aromatic N) is 2. The van der Waals surface area contributed by atoms with Gasteiger partial charge in [0.1, 0.15) is 23.3 Å². The van der Waals surface area contributed by atoms with Gasteiger partial charge in [0.05, 0.1) is 10.4 Å². The van der Waals surface area contributed by atoms with Gasteiger partial charge in [-0.1, -0.05) is 13.0 Å². The van der Waals surface area contributed by atoms with Crippen molar-refractivity contribution in [3.8, 4) is 16.5 Å². The summed E-state index contributed by atoms with van der Waals surface area (Å²) in [6.45, 7) is 4.56. The molecule has 0 aliphatic rings. The van der Waals surface area contributed by atoms with Crippen molar-refractivity contribution in [2.45, 2.75) is 13.2 Å². The summed E-state index contributed by atoms with van der Waals surface area (Å²) in [4.78, 5) is 10.9. The number of hydrogen-bond donors (Lipinski definition) is 4. The first-order valence-corrected chi connectivity index (χ1v) is 8.83. The predicted octanol–water partition coefficient (Wildman–Crippen LogP) is 2.53. The van der Waals surface area contributed by atoms with Crippen molar-refractivity contribution >= 4 is 22.4 Å². The van der Waals surface area contributed by atoms with Gasteiger partial charge >= 0.3 is 0 Å². The van der Waals surface area contributed by atoms with Crippen LogP contribution < -0.4 is 5.32 Å². The number of thiophene rings is 1. The number of aromatic nitrogens is 2. The maximum absolute atomic E-state index is 10.5. The monoisotopic (exact) mass is 346 g/mol. The van der Waals surface area contributed by atoms with E-state index < -0.39 is 6.23 Å². The SMILES string of the molecule is CCN(C)CCNC(O)c1ccc(O)c2[nH]c(-c3cccs3)nc12. The summed E-state index contributed by atoms with van der Waals surface area (Å²) in [6, 6.07) is 7.21. The Bertz CT molecular complexity index is 800. The maximum Gasteiger partial charge on any atom is 0.148 e. The molecule has 7 heteroatoms. The molecule has 0 aliphatic carbocycles. The van der Waals surface area contributed by atoms with Crippen molar-refractivity contribution in [1.29, 1.82) is 0 Å². The minimum Gasteiger partial charge on any atom is -0.506 e. The van der Waals surface area contributed by atoms with Gasteiger partial charge in [0.2, 0.25) is 0 Å². The lowest BCUT2D eigenvalue weighted by molar-refractivity contribution is 0.136. The molecule has 2 aromatic heterocycles. The Morgan fingerprint density at radius 2 is 2.21 bits per heavy atom. The molecule has 0 saturated carbocycles. The third-order valence-corrected chi connectivity index (χ3v) is 4.95. The van der Waals surface area contributed by atoms with Gasteiger partial charge in [0.15, 0.2) is 0 Å². The van der Waals surface area contributed by atoms with E-state index in [4.69, 9.17) is 0 Å². The fraction of sp³-hybridized carbons (Fsp3) is 0.353. The van der Waals surface area contributed by atoms with Gasteiger partial charge in [0, 0.05) is 18.7 Å². The fourth-order valence-electron chi connectivity index (χ4n) is 2.51. The van der Waals surface area contributed by atoms with E-state index in [-0.39, 0.29) is 5.75 Å². The predicted molar refractivity (Wildman–Crippen MR) is 97.2 cm³/mol. The van der Waals surface area contributed by atoms with Crippen LogP contribution in [0, 0.1) is 0 Å². The van der Waals surface area contributed by atoms with Gasteiger partial charge in [-0.25, -0.2) is 4.98 Å². The summed E-state index contributed by atoms with van der Waals surface area (Å²) in [5, 5.41) is 25.6. The van der Waals surface area contributed by atoms with Crippen molar-refractivity contribution in [2.24, 2.45) is 0 Å². The van der Waals surface area contributed by atoms with Crippen LogP contribution in [0.25, 0.3) is 21.7 Å². The Balaban J connectivity index is 1.86. The average molecular weight is 346 g/mol. The van der Waals surface area contributed by atoms with E-state index in [0.717, 1.165) is 18.0 Å². The van der Waals surface area contributed by atoms with Crippen LogP contribution in [0.1, 0.15) is 18.7 Å². The molecule has 0 saturated heterocycles. The van der Waals surface area contributed by atoms with Crippen LogP contribution in [0.4, 0.5) is 0 Å². The molecule has 6 nitrogen and oxygen atoms in total. The lowest BCUT2D eigenvalue weighted by Gasteiger charge is -2.17. The average Bonchev–Trinajstić information content (AvgIpc) is 3.24. The number of phenols is 1. The molecule has 0 bridgehead atoms. The standard InChI is InChI=1S/C17H22N4O2S/c1-3-21(2)9-8-18-17(23)11-6-7-12(22)15-14(11)19-16(20-15)13-5-4-10-24-13/h4-7,10,17-18,22-23H,3,8-9H2,1-2H3,(H,19,20). The quantitative estimate of drug-likeness (QED) is 0.494. The third kappa shape index (κ3) is 3.44. The van der Waals surface area contributed by atoms with E-state index in [0.29, 0.717) is 29.0 Å². The van der Waals surface area contributed by atoms with E-state index in [1.54, 1.807) is 23.5 Å². The molecule has 2 heterocycles. The van der Waals surface area contributed by atoms with Gasteiger partial charge < -0.3 is 20.1 Å². The number of rotatable bonds is 7. The van der Waals surface area contributed by atoms with Crippen LogP contribution in [0.15, 0.2) is 29.6 Å². The number of phenolic OH excluding ortho intramolecular Hbond substituents is 1. The van der Waals surface area contributed by atoms with Gasteiger partial charge in [-0.05, 0) is 37.2 Å². The number of aromatic hydroxyl groups is 1. The Labute approximate surface area is 144 Å². The molecule has 0 radical (unpaired) electrons. The molecule has 24 heavy (non-hydrogen) atoms. The number of fused-ring (bicyclic) bond motifs is 1. The molecule has 0 fully saturated rings. The highest BCUT2D eigenvalue weighted by Gasteiger charge is 2.17. The number of aliphatic hydroxyl groups is 1. The van der Waals surface area contributed by atoms with Crippen LogP contribution in [0.5, 0.6) is 5.75 Å². The number of H-pyrrole nitrogens is 1. The van der Waals surface area contributed by atoms with E-state index in [9.17, 15) is 10.2 Å². The molecule has 4 N–H and O–H groups in total. The van der Waals surface area contributed by atoms with Crippen LogP contribution >= 0.6 is 11.3 Å². The smallest absolute Gasteiger partial charge is 0.148 e. The second kappa shape index (κ2) is 7.31. The number of aromatic amines is 1. The van der Waals surface area contributed by atoms with E-state index in [2.05, 4.69) is 27.1 Å². The number of benzene rings is 1. The highest BCUT2D eigenvalue weighted by Crippen LogP contribution is 2.32. The van der Waals surface area contributed by atoms with E-state index in [1.165, 1.54) is 0 Å². The first-order valence-electron chi connectivity index (χ1n) is 7.95. The zero-order chi connectivity index (χ0) is 17.1. The molecule has 0 spiro atoms. The van der Waals surface area contributed by atoms with Crippen LogP contribution in [0.3, 0.4) is 0 Å². The van der Waals surface area contributed by atoms with Crippen molar-refractivity contribution in [3.05, 3.63) is 35.2 Å². The zero-order valence-corrected chi connectivity index (χ0v) is 14.6. The highest BCUT2D eigenvalue weighted by molar-refractivity contribution is 7.13. The molecule has 1 unspecified atom stereocenters. The molecular weight excluding hydrogens is 324 g/mol. The molecule has 1 atom stereocenters. The normalized spacial score (nSPS) is 13.0. The zero-order valence-electron chi connectivity index (χ0n) is 13.8. The van der Waals surface area contributed by atoms with E-state index >= 15 is 0 Å². The van der Waals surface area contributed by atoms with E-state index in [1.807, 2.05) is 24.6 Å². The molecule has 128 valence electrons. The summed E-state index contributed by atoms with van der Waals surface area (Å²) < 4.78 is 0. The first-order chi connectivity index (χ1) is 11.6. The molecule has 0 amide bonds. The van der Waals surface area contributed by atoms with Crippen molar-refractivity contribution in [3.63, 3.8) is 0 Å². The third-order valence-electron chi connectivity index (χ3n) is 4.07. The van der Waals surface area contributed by atoms with Crippen molar-refractivity contribution in [1.82, 2.24) is 20.2 Å². The summed E-state index contributed by atoms with van der Waals surface area (Å²) in [5.74, 6) is 0.822. The lowest BCUT2D eigenvalue weighted by Crippen LogP contribution is -2.31. The Hall–Kier alpha value is -1.93. The first kappa shape index (κ1) is 16.9. The highest BCUT2D eigenvalue weighted by atomic mass is 32.1. The van der Waals surface area contributed by atoms with Crippen LogP contribution in [-0.4, -0.2) is 51.8 Å². The number of likely N-dealkylation sites (N-methyl/N-ethyl adjacent to an activating group) is 1. The topological polar surface area (TPSA) is 84.4 Å². The van der Waals surface area contributed by atoms with Gasteiger partial charge in [-0.2, -0.15) is 0 Å². The van der Waals surface area contributed by atoms with Crippen LogP contribution in [-0.2, 0) is 0 Å². The Morgan fingerprint density at radius 3 is 2.92 bits per heavy atom. The van der Waals surface area contributed by atoms with Gasteiger partial charge in [0.25, 0.3) is 0 Å². The number of hydrogen-bond acceptors (Lipinski definition) is 6. The largest absolute Gasteiger partial charge is 0.506 e. The fourth-order valence-corrected chi connectivity index (χ4v) is 3.18. The second-order valence-electron chi connectivity index (χ2n) is 5.71. The van der Waals surface area contributed by atoms with Crippen molar-refractivity contribution in [2.75, 3.05) is 26.7 Å².